The van der Waals surface area contributed by atoms with Crippen LogP contribution in [0.15, 0.2) is 32.3 Å². The van der Waals surface area contributed by atoms with Gasteiger partial charge in [0.15, 0.2) is 0 Å². The summed E-state index contributed by atoms with van der Waals surface area (Å²) in [4.78, 5) is 10.1. The first-order valence-corrected chi connectivity index (χ1v) is 8.90. The highest BCUT2D eigenvalue weighted by molar-refractivity contribution is 9.11. The monoisotopic (exact) mass is 410 g/mol. The van der Waals surface area contributed by atoms with Gasteiger partial charge in [-0.2, -0.15) is 0 Å². The number of anilines is 1. The second-order valence-electron chi connectivity index (χ2n) is 4.05. The van der Waals surface area contributed by atoms with Crippen LogP contribution in [0.3, 0.4) is 0 Å². The molecule has 0 radical (unpaired) electrons. The van der Waals surface area contributed by atoms with E-state index in [1.165, 1.54) is 18.2 Å². The molecule has 2 rings (SSSR count). The number of aryl methyl sites for hydroxylation is 1. The predicted octanol–water partition coefficient (Wildman–Crippen LogP) is 4.18. The first kappa shape index (κ1) is 16.2. The van der Waals surface area contributed by atoms with Gasteiger partial charge in [0.05, 0.1) is 19.4 Å². The van der Waals surface area contributed by atoms with Gasteiger partial charge in [0, 0.05) is 12.1 Å². The van der Waals surface area contributed by atoms with Gasteiger partial charge in [0.1, 0.15) is 4.21 Å². The standard InChI is InChI=1S/C11H8BrClN2O4S2/c1-6-4-10(20-11(6)12)21(18,19)14-9-5-7(15(16)17)2-3-8(9)13/h2-5,14H,1H3. The van der Waals surface area contributed by atoms with E-state index in [1.54, 1.807) is 6.92 Å². The predicted molar refractivity (Wildman–Crippen MR) is 85.7 cm³/mol. The molecule has 21 heavy (non-hydrogen) atoms. The number of sulfonamides is 1. The summed E-state index contributed by atoms with van der Waals surface area (Å²) >= 11 is 10.2. The highest BCUT2D eigenvalue weighted by Gasteiger charge is 2.21. The molecule has 1 aromatic carbocycles. The van der Waals surface area contributed by atoms with Crippen LogP contribution in [0.1, 0.15) is 5.56 Å². The smallest absolute Gasteiger partial charge is 0.271 e. The molecule has 0 amide bonds. The van der Waals surface area contributed by atoms with Crippen LogP contribution in [0.2, 0.25) is 5.02 Å². The van der Waals surface area contributed by atoms with Crippen LogP contribution in [0.4, 0.5) is 11.4 Å². The van der Waals surface area contributed by atoms with Crippen LogP contribution in [-0.4, -0.2) is 13.3 Å². The summed E-state index contributed by atoms with van der Waals surface area (Å²) in [5.41, 5.74) is 0.499. The summed E-state index contributed by atoms with van der Waals surface area (Å²) in [5, 5.41) is 10.8. The third kappa shape index (κ3) is 3.54. The van der Waals surface area contributed by atoms with E-state index in [0.717, 1.165) is 23.0 Å². The van der Waals surface area contributed by atoms with Gasteiger partial charge in [0.25, 0.3) is 15.7 Å². The van der Waals surface area contributed by atoms with Crippen molar-refractivity contribution in [1.82, 2.24) is 0 Å². The van der Waals surface area contributed by atoms with E-state index in [4.69, 9.17) is 11.6 Å². The van der Waals surface area contributed by atoms with Gasteiger partial charge in [-0.15, -0.1) is 11.3 Å². The molecule has 0 aliphatic rings. The molecule has 2 aromatic rings. The second-order valence-corrected chi connectivity index (χ2v) is 8.74. The third-order valence-corrected chi connectivity index (χ3v) is 6.81. The molecule has 112 valence electrons. The zero-order valence-electron chi connectivity index (χ0n) is 10.5. The highest BCUT2D eigenvalue weighted by atomic mass is 79.9. The number of hydrogen-bond donors (Lipinski definition) is 1. The van der Waals surface area contributed by atoms with Gasteiger partial charge in [-0.1, -0.05) is 11.6 Å². The molecule has 1 heterocycles. The molecule has 0 atom stereocenters. The van der Waals surface area contributed by atoms with E-state index < -0.39 is 14.9 Å². The fraction of sp³-hybridized carbons (Fsp3) is 0.0909. The molecule has 0 aliphatic heterocycles. The molecule has 10 heteroatoms. The number of hydrogen-bond acceptors (Lipinski definition) is 5. The summed E-state index contributed by atoms with van der Waals surface area (Å²) in [7, 11) is -3.85. The van der Waals surface area contributed by atoms with Crippen molar-refractivity contribution >= 4 is 60.3 Å². The molecule has 0 bridgehead atoms. The van der Waals surface area contributed by atoms with Crippen LogP contribution in [0.25, 0.3) is 0 Å². The van der Waals surface area contributed by atoms with E-state index in [0.29, 0.717) is 3.79 Å². The summed E-state index contributed by atoms with van der Waals surface area (Å²) in [6.45, 7) is 1.76. The quantitative estimate of drug-likeness (QED) is 0.603. The minimum Gasteiger partial charge on any atom is -0.277 e. The Morgan fingerprint density at radius 2 is 2.05 bits per heavy atom. The first-order valence-electron chi connectivity index (χ1n) is 5.43. The number of nitrogens with one attached hydrogen (secondary N) is 1. The van der Waals surface area contributed by atoms with Gasteiger partial charge in [-0.3, -0.25) is 14.8 Å². The zero-order valence-corrected chi connectivity index (χ0v) is 14.4. The summed E-state index contributed by atoms with van der Waals surface area (Å²) in [6.07, 6.45) is 0. The zero-order chi connectivity index (χ0) is 15.8. The minimum atomic E-state index is -3.85. The van der Waals surface area contributed by atoms with E-state index in [9.17, 15) is 18.5 Å². The van der Waals surface area contributed by atoms with Crippen molar-refractivity contribution in [3.8, 4) is 0 Å². The summed E-state index contributed by atoms with van der Waals surface area (Å²) < 4.78 is 27.6. The Balaban J connectivity index is 2.41. The molecule has 0 aliphatic carbocycles. The lowest BCUT2D eigenvalue weighted by Gasteiger charge is -2.07. The van der Waals surface area contributed by atoms with Crippen molar-refractivity contribution in [2.45, 2.75) is 11.1 Å². The van der Waals surface area contributed by atoms with Crippen molar-refractivity contribution in [2.75, 3.05) is 4.72 Å². The van der Waals surface area contributed by atoms with Crippen molar-refractivity contribution < 1.29 is 13.3 Å². The van der Waals surface area contributed by atoms with Crippen molar-refractivity contribution in [3.63, 3.8) is 0 Å². The number of non-ortho nitro benzene ring substituents is 1. The molecule has 6 nitrogen and oxygen atoms in total. The molecular weight excluding hydrogens is 404 g/mol. The van der Waals surface area contributed by atoms with Crippen LogP contribution in [0, 0.1) is 17.0 Å². The van der Waals surface area contributed by atoms with E-state index >= 15 is 0 Å². The number of thiophene rings is 1. The largest absolute Gasteiger partial charge is 0.277 e. The van der Waals surface area contributed by atoms with Gasteiger partial charge in [-0.05, 0) is 40.5 Å². The Kier molecular flexibility index (Phi) is 4.57. The van der Waals surface area contributed by atoms with Crippen LogP contribution >= 0.6 is 38.9 Å². The van der Waals surface area contributed by atoms with Crippen LogP contribution in [-0.2, 0) is 10.0 Å². The summed E-state index contributed by atoms with van der Waals surface area (Å²) in [6, 6.07) is 5.05. The topological polar surface area (TPSA) is 89.3 Å². The Hall–Kier alpha value is -1.16. The number of nitro benzene ring substituents is 1. The van der Waals surface area contributed by atoms with Gasteiger partial charge >= 0.3 is 0 Å². The van der Waals surface area contributed by atoms with E-state index in [1.807, 2.05) is 0 Å². The fourth-order valence-electron chi connectivity index (χ4n) is 1.46. The van der Waals surface area contributed by atoms with E-state index in [2.05, 4.69) is 20.7 Å². The van der Waals surface area contributed by atoms with Gasteiger partial charge in [-0.25, -0.2) is 8.42 Å². The number of nitrogens with zero attached hydrogens (tertiary/aromatic N) is 1. The third-order valence-electron chi connectivity index (χ3n) is 2.50. The van der Waals surface area contributed by atoms with Gasteiger partial charge in [0.2, 0.25) is 0 Å². The maximum absolute atomic E-state index is 12.3. The maximum Gasteiger partial charge on any atom is 0.271 e. The maximum atomic E-state index is 12.3. The highest BCUT2D eigenvalue weighted by Crippen LogP contribution is 2.33. The van der Waals surface area contributed by atoms with Crippen LogP contribution in [0.5, 0.6) is 0 Å². The Morgan fingerprint density at radius 3 is 2.57 bits per heavy atom. The average molecular weight is 412 g/mol. The Labute approximate surface area is 138 Å². The fourth-order valence-corrected chi connectivity index (χ4v) is 4.98. The Bertz CT molecular complexity index is 800. The lowest BCUT2D eigenvalue weighted by atomic mass is 10.3. The SMILES string of the molecule is Cc1cc(S(=O)(=O)Nc2cc([N+](=O)[O-])ccc2Cl)sc1Br. The molecule has 0 fully saturated rings. The number of nitro groups is 1. The van der Waals surface area contributed by atoms with E-state index in [-0.39, 0.29) is 20.6 Å². The lowest BCUT2D eigenvalue weighted by molar-refractivity contribution is -0.384. The molecule has 0 unspecified atom stereocenters. The van der Waals surface area contributed by atoms with Crippen molar-refractivity contribution in [3.05, 3.63) is 48.8 Å². The van der Waals surface area contributed by atoms with Gasteiger partial charge < -0.3 is 0 Å². The Morgan fingerprint density at radius 1 is 1.38 bits per heavy atom. The molecule has 1 N–H and O–H groups in total. The average Bonchev–Trinajstić information content (AvgIpc) is 2.73. The number of rotatable bonds is 4. The lowest BCUT2D eigenvalue weighted by Crippen LogP contribution is -2.12. The molecule has 1 aromatic heterocycles. The normalized spacial score (nSPS) is 11.4. The molecule has 0 saturated heterocycles. The van der Waals surface area contributed by atoms with Crippen LogP contribution < -0.4 is 4.72 Å². The molecule has 0 saturated carbocycles. The minimum absolute atomic E-state index is 0.0342. The number of halogens is 2. The second kappa shape index (κ2) is 5.91. The first-order chi connectivity index (χ1) is 9.70. The summed E-state index contributed by atoms with van der Waals surface area (Å²) in [5.74, 6) is 0. The van der Waals surface area contributed by atoms with Crippen molar-refractivity contribution in [1.29, 1.82) is 0 Å². The molecular formula is C11H8BrClN2O4S2. The van der Waals surface area contributed by atoms with Crippen molar-refractivity contribution in [2.24, 2.45) is 0 Å². The molecule has 0 spiro atoms. The number of benzene rings is 1.